The molecule has 1 aliphatic rings. The highest BCUT2D eigenvalue weighted by atomic mass is 15.2. The molecule has 1 aromatic carbocycles. The Hall–Kier alpha value is -1.61. The number of aromatic nitrogens is 1. The maximum Gasteiger partial charge on any atom is 0.144 e. The Kier molecular flexibility index (Phi) is 3.88. The van der Waals surface area contributed by atoms with Crippen LogP contribution in [-0.4, -0.2) is 4.98 Å². The smallest absolute Gasteiger partial charge is 0.144 e. The Bertz CT molecular complexity index is 600. The fourth-order valence-corrected chi connectivity index (χ4v) is 3.30. The summed E-state index contributed by atoms with van der Waals surface area (Å²) in [6, 6.07) is 8.80. The maximum absolute atomic E-state index is 5.69. The summed E-state index contributed by atoms with van der Waals surface area (Å²) in [6.45, 7) is 2.19. The Morgan fingerprint density at radius 3 is 2.70 bits per heavy atom. The highest BCUT2D eigenvalue weighted by molar-refractivity contribution is 5.82. The van der Waals surface area contributed by atoms with Gasteiger partial charge in [-0.2, -0.15) is 0 Å². The van der Waals surface area contributed by atoms with Crippen LogP contribution in [0, 0.1) is 0 Å². The molecule has 3 N–H and O–H groups in total. The molecule has 0 bridgehead atoms. The number of hydrogen-bond acceptors (Lipinski definition) is 3. The lowest BCUT2D eigenvalue weighted by atomic mass is 9.84. The van der Waals surface area contributed by atoms with E-state index in [0.29, 0.717) is 5.92 Å². The van der Waals surface area contributed by atoms with E-state index in [1.165, 1.54) is 48.6 Å². The molecule has 20 heavy (non-hydrogen) atoms. The number of nitrogens with two attached hydrogens (primary N) is 1. The minimum Gasteiger partial charge on any atom is -0.308 e. The molecule has 1 aliphatic carbocycles. The van der Waals surface area contributed by atoms with Crippen molar-refractivity contribution in [1.82, 2.24) is 4.98 Å². The average Bonchev–Trinajstić information content (AvgIpc) is 2.53. The predicted molar refractivity (Wildman–Crippen MR) is 84.8 cm³/mol. The van der Waals surface area contributed by atoms with E-state index in [4.69, 9.17) is 10.8 Å². The molecule has 0 radical (unpaired) electrons. The minimum atomic E-state index is 0.608. The summed E-state index contributed by atoms with van der Waals surface area (Å²) in [4.78, 5) is 4.71. The van der Waals surface area contributed by atoms with E-state index in [0.717, 1.165) is 17.8 Å². The number of hydrogen-bond donors (Lipinski definition) is 2. The van der Waals surface area contributed by atoms with E-state index in [1.54, 1.807) is 0 Å². The van der Waals surface area contributed by atoms with Crippen LogP contribution in [0.25, 0.3) is 10.9 Å². The molecule has 1 saturated carbocycles. The first-order chi connectivity index (χ1) is 9.81. The number of nitrogens with zero attached hydrogens (tertiary/aromatic N) is 1. The van der Waals surface area contributed by atoms with E-state index in [1.807, 2.05) is 0 Å². The van der Waals surface area contributed by atoms with Gasteiger partial charge in [0.05, 0.1) is 5.52 Å². The van der Waals surface area contributed by atoms with Crippen molar-refractivity contribution >= 4 is 16.7 Å². The summed E-state index contributed by atoms with van der Waals surface area (Å²) in [5.74, 6) is 7.16. The highest BCUT2D eigenvalue weighted by Gasteiger charge is 2.19. The first kappa shape index (κ1) is 13.4. The van der Waals surface area contributed by atoms with Gasteiger partial charge in [-0.25, -0.2) is 10.8 Å². The minimum absolute atomic E-state index is 0.608. The fourth-order valence-electron chi connectivity index (χ4n) is 3.30. The number of fused-ring (bicyclic) bond motifs is 1. The number of nitrogen functional groups attached to an aromatic ring is 1. The van der Waals surface area contributed by atoms with E-state index in [-0.39, 0.29) is 0 Å². The standard InChI is InChI=1S/C17H23N3/c1-2-12-8-9-16-14(10-12)11-15(17(19-16)20-18)13-6-4-3-5-7-13/h8-11,13H,2-7,18H2,1H3,(H,19,20). The van der Waals surface area contributed by atoms with Crippen LogP contribution in [0.1, 0.15) is 56.1 Å². The molecule has 0 spiro atoms. The molecule has 3 heteroatoms. The number of pyridine rings is 1. The monoisotopic (exact) mass is 269 g/mol. The van der Waals surface area contributed by atoms with Gasteiger partial charge < -0.3 is 5.43 Å². The first-order valence-electron chi connectivity index (χ1n) is 7.72. The quantitative estimate of drug-likeness (QED) is 0.650. The molecule has 0 aliphatic heterocycles. The van der Waals surface area contributed by atoms with Crippen LogP contribution >= 0.6 is 0 Å². The fraction of sp³-hybridized carbons (Fsp3) is 0.471. The highest BCUT2D eigenvalue weighted by Crippen LogP contribution is 2.37. The number of hydrazine groups is 1. The summed E-state index contributed by atoms with van der Waals surface area (Å²) in [7, 11) is 0. The van der Waals surface area contributed by atoms with E-state index < -0.39 is 0 Å². The summed E-state index contributed by atoms with van der Waals surface area (Å²) < 4.78 is 0. The topological polar surface area (TPSA) is 50.9 Å². The molecule has 1 fully saturated rings. The molecule has 0 atom stereocenters. The molecule has 0 saturated heterocycles. The van der Waals surface area contributed by atoms with E-state index >= 15 is 0 Å². The second-order valence-corrected chi connectivity index (χ2v) is 5.79. The SMILES string of the molecule is CCc1ccc2nc(NN)c(C3CCCCC3)cc2c1. The predicted octanol–water partition coefficient (Wildman–Crippen LogP) is 4.13. The summed E-state index contributed by atoms with van der Waals surface area (Å²) in [5.41, 5.74) is 6.49. The summed E-state index contributed by atoms with van der Waals surface area (Å²) in [6.07, 6.45) is 7.59. The van der Waals surface area contributed by atoms with Gasteiger partial charge in [-0.05, 0) is 54.5 Å². The van der Waals surface area contributed by atoms with Crippen molar-refractivity contribution in [2.45, 2.75) is 51.4 Å². The van der Waals surface area contributed by atoms with Crippen LogP contribution in [0.5, 0.6) is 0 Å². The second-order valence-electron chi connectivity index (χ2n) is 5.79. The Morgan fingerprint density at radius 1 is 1.20 bits per heavy atom. The van der Waals surface area contributed by atoms with Crippen molar-refractivity contribution in [3.63, 3.8) is 0 Å². The van der Waals surface area contributed by atoms with E-state index in [9.17, 15) is 0 Å². The molecule has 106 valence electrons. The van der Waals surface area contributed by atoms with Gasteiger partial charge >= 0.3 is 0 Å². The molecule has 1 heterocycles. The van der Waals surface area contributed by atoms with Gasteiger partial charge in [-0.15, -0.1) is 0 Å². The summed E-state index contributed by atoms with van der Waals surface area (Å²) in [5, 5.41) is 1.24. The molecule has 1 aromatic heterocycles. The van der Waals surface area contributed by atoms with Crippen LogP contribution < -0.4 is 11.3 Å². The van der Waals surface area contributed by atoms with Crippen molar-refractivity contribution in [3.8, 4) is 0 Å². The Labute approximate surface area is 120 Å². The molecule has 2 aromatic rings. The van der Waals surface area contributed by atoms with Gasteiger partial charge in [-0.3, -0.25) is 0 Å². The van der Waals surface area contributed by atoms with E-state index in [2.05, 4.69) is 36.6 Å². The van der Waals surface area contributed by atoms with Crippen LogP contribution in [0.15, 0.2) is 24.3 Å². The van der Waals surface area contributed by atoms with Gasteiger partial charge in [0.15, 0.2) is 0 Å². The first-order valence-corrected chi connectivity index (χ1v) is 7.72. The average molecular weight is 269 g/mol. The maximum atomic E-state index is 5.69. The Balaban J connectivity index is 2.08. The lowest BCUT2D eigenvalue weighted by Crippen LogP contribution is -2.14. The van der Waals surface area contributed by atoms with Crippen LogP contribution in [0.4, 0.5) is 5.82 Å². The lowest BCUT2D eigenvalue weighted by Gasteiger charge is -2.24. The normalized spacial score (nSPS) is 16.5. The van der Waals surface area contributed by atoms with Crippen molar-refractivity contribution in [2.75, 3.05) is 5.43 Å². The van der Waals surface area contributed by atoms with Gasteiger partial charge in [0.2, 0.25) is 0 Å². The lowest BCUT2D eigenvalue weighted by molar-refractivity contribution is 0.444. The van der Waals surface area contributed by atoms with Crippen LogP contribution in [0.3, 0.4) is 0 Å². The summed E-state index contributed by atoms with van der Waals surface area (Å²) >= 11 is 0. The van der Waals surface area contributed by atoms with Gasteiger partial charge in [0, 0.05) is 5.39 Å². The van der Waals surface area contributed by atoms with Crippen molar-refractivity contribution in [2.24, 2.45) is 5.84 Å². The van der Waals surface area contributed by atoms with Crippen LogP contribution in [-0.2, 0) is 6.42 Å². The van der Waals surface area contributed by atoms with Gasteiger partial charge in [0.1, 0.15) is 5.82 Å². The van der Waals surface area contributed by atoms with Crippen molar-refractivity contribution < 1.29 is 0 Å². The third-order valence-electron chi connectivity index (χ3n) is 4.50. The Morgan fingerprint density at radius 2 is 2.00 bits per heavy atom. The third kappa shape index (κ3) is 2.50. The molecular formula is C17H23N3. The number of aryl methyl sites for hydroxylation is 1. The second kappa shape index (κ2) is 5.80. The third-order valence-corrected chi connectivity index (χ3v) is 4.50. The molecule has 0 unspecified atom stereocenters. The van der Waals surface area contributed by atoms with Crippen molar-refractivity contribution in [1.29, 1.82) is 0 Å². The van der Waals surface area contributed by atoms with Crippen molar-refractivity contribution in [3.05, 3.63) is 35.4 Å². The molecule has 3 nitrogen and oxygen atoms in total. The molecule has 3 rings (SSSR count). The number of rotatable bonds is 3. The number of benzene rings is 1. The van der Waals surface area contributed by atoms with Gasteiger partial charge in [0.25, 0.3) is 0 Å². The van der Waals surface area contributed by atoms with Gasteiger partial charge in [-0.1, -0.05) is 32.3 Å². The van der Waals surface area contributed by atoms with Crippen LogP contribution in [0.2, 0.25) is 0 Å². The number of nitrogens with one attached hydrogen (secondary N) is 1. The zero-order valence-electron chi connectivity index (χ0n) is 12.2. The molecular weight excluding hydrogens is 246 g/mol. The zero-order valence-corrected chi connectivity index (χ0v) is 12.2. The molecule has 0 amide bonds. The zero-order chi connectivity index (χ0) is 13.9. The number of anilines is 1. The largest absolute Gasteiger partial charge is 0.308 e.